The summed E-state index contributed by atoms with van der Waals surface area (Å²) in [4.78, 5) is 16.9. The Hall–Kier alpha value is -2.59. The first-order valence-electron chi connectivity index (χ1n) is 10.3. The average molecular weight is 534 g/mol. The minimum absolute atomic E-state index is 0.162. The fourth-order valence-corrected chi connectivity index (χ4v) is 5.13. The van der Waals surface area contributed by atoms with E-state index in [1.807, 2.05) is 55.1 Å². The van der Waals surface area contributed by atoms with E-state index >= 15 is 0 Å². The highest BCUT2D eigenvalue weighted by atomic mass is 35.5. The van der Waals surface area contributed by atoms with Gasteiger partial charge in [0.1, 0.15) is 5.75 Å². The highest BCUT2D eigenvalue weighted by molar-refractivity contribution is 7.99. The van der Waals surface area contributed by atoms with Crippen molar-refractivity contribution >= 4 is 57.3 Å². The molecule has 1 amide bonds. The van der Waals surface area contributed by atoms with Gasteiger partial charge in [-0.1, -0.05) is 53.2 Å². The molecule has 4 rings (SSSR count). The van der Waals surface area contributed by atoms with E-state index in [4.69, 9.17) is 27.9 Å². The third kappa shape index (κ3) is 5.72. The summed E-state index contributed by atoms with van der Waals surface area (Å²) in [5, 5.41) is 15.3. The number of nitrogens with zero attached hydrogens (tertiary/aromatic N) is 4. The predicted octanol–water partition coefficient (Wildman–Crippen LogP) is 6.42. The Bertz CT molecular complexity index is 1320. The van der Waals surface area contributed by atoms with E-state index in [1.165, 1.54) is 23.1 Å². The maximum atomic E-state index is 12.5. The molecule has 176 valence electrons. The van der Waals surface area contributed by atoms with E-state index < -0.39 is 0 Å². The van der Waals surface area contributed by atoms with E-state index in [9.17, 15) is 4.79 Å². The molecule has 1 N–H and O–H groups in total. The van der Waals surface area contributed by atoms with E-state index in [1.54, 1.807) is 18.2 Å². The molecule has 0 aliphatic heterocycles. The van der Waals surface area contributed by atoms with Crippen LogP contribution in [0.15, 0.2) is 53.0 Å². The van der Waals surface area contributed by atoms with Crippen LogP contribution in [0, 0.1) is 6.92 Å². The summed E-state index contributed by atoms with van der Waals surface area (Å²) in [5.74, 6) is 1.45. The number of para-hydroxylation sites is 1. The molecule has 0 aliphatic rings. The number of hydrogen-bond acceptors (Lipinski definition) is 7. The van der Waals surface area contributed by atoms with Crippen molar-refractivity contribution in [1.29, 1.82) is 0 Å². The van der Waals surface area contributed by atoms with Crippen LogP contribution in [-0.4, -0.2) is 31.4 Å². The van der Waals surface area contributed by atoms with E-state index in [0.717, 1.165) is 16.9 Å². The molecule has 0 spiro atoms. The summed E-state index contributed by atoms with van der Waals surface area (Å²) in [5.41, 5.74) is 2.48. The maximum absolute atomic E-state index is 12.5. The van der Waals surface area contributed by atoms with Gasteiger partial charge in [-0.2, -0.15) is 0 Å². The number of anilines is 1. The number of amides is 1. The lowest BCUT2D eigenvalue weighted by molar-refractivity contribution is -0.113. The molecular weight excluding hydrogens is 513 g/mol. The lowest BCUT2D eigenvalue weighted by atomic mass is 10.2. The second kappa shape index (κ2) is 10.8. The highest BCUT2D eigenvalue weighted by Crippen LogP contribution is 2.32. The average Bonchev–Trinajstić information content (AvgIpc) is 3.40. The van der Waals surface area contributed by atoms with Gasteiger partial charge >= 0.3 is 0 Å². The number of aromatic nitrogens is 4. The molecule has 0 saturated heterocycles. The molecule has 2 aromatic heterocycles. The topological polar surface area (TPSA) is 81.9 Å². The van der Waals surface area contributed by atoms with Gasteiger partial charge < -0.3 is 14.6 Å². The van der Waals surface area contributed by atoms with Crippen molar-refractivity contribution in [2.24, 2.45) is 7.05 Å². The molecule has 0 bridgehead atoms. The van der Waals surface area contributed by atoms with Crippen LogP contribution in [0.4, 0.5) is 5.13 Å². The Labute approximate surface area is 215 Å². The van der Waals surface area contributed by atoms with Gasteiger partial charge in [-0.15, -0.1) is 21.5 Å². The third-order valence-corrected chi connectivity index (χ3v) is 7.25. The van der Waals surface area contributed by atoms with Gasteiger partial charge in [0.15, 0.2) is 22.2 Å². The number of benzene rings is 2. The molecule has 1 atom stereocenters. The first-order chi connectivity index (χ1) is 16.3. The van der Waals surface area contributed by atoms with Crippen molar-refractivity contribution in [1.82, 2.24) is 19.7 Å². The van der Waals surface area contributed by atoms with Crippen molar-refractivity contribution in [3.05, 3.63) is 69.3 Å². The van der Waals surface area contributed by atoms with Crippen molar-refractivity contribution in [2.75, 3.05) is 11.1 Å². The lowest BCUT2D eigenvalue weighted by Crippen LogP contribution is -2.14. The summed E-state index contributed by atoms with van der Waals surface area (Å²) < 4.78 is 7.89. The number of nitrogens with one attached hydrogen (secondary N) is 1. The molecule has 0 radical (unpaired) electrons. The number of hydrogen-bond donors (Lipinski definition) is 1. The first kappa shape index (κ1) is 24.5. The number of carbonyl (C=O) groups excluding carboxylic acids is 1. The Kier molecular flexibility index (Phi) is 7.77. The molecule has 1 unspecified atom stereocenters. The van der Waals surface area contributed by atoms with Gasteiger partial charge in [-0.05, 0) is 43.7 Å². The van der Waals surface area contributed by atoms with E-state index in [2.05, 4.69) is 20.5 Å². The monoisotopic (exact) mass is 533 g/mol. The van der Waals surface area contributed by atoms with Crippen LogP contribution < -0.4 is 10.1 Å². The fraction of sp³-hybridized carbons (Fsp3) is 0.217. The standard InChI is InChI=1S/C23H21Cl2N5O2S2/c1-13-6-4-5-7-19(13)32-14(2)21-28-29-23(30(21)3)34-12-20(31)27-22-26-18(11-33-22)16-9-8-15(24)10-17(16)25/h4-11,14H,12H2,1-3H3,(H,26,27,31). The smallest absolute Gasteiger partial charge is 0.236 e. The molecule has 0 saturated carbocycles. The van der Waals surface area contributed by atoms with Crippen LogP contribution in [0.3, 0.4) is 0 Å². The van der Waals surface area contributed by atoms with Crippen molar-refractivity contribution in [3.63, 3.8) is 0 Å². The number of ether oxygens (including phenoxy) is 1. The molecule has 0 aliphatic carbocycles. The first-order valence-corrected chi connectivity index (χ1v) is 12.9. The van der Waals surface area contributed by atoms with Crippen molar-refractivity contribution < 1.29 is 9.53 Å². The van der Waals surface area contributed by atoms with Gasteiger partial charge in [-0.25, -0.2) is 4.98 Å². The fourth-order valence-electron chi connectivity index (χ4n) is 3.18. The highest BCUT2D eigenvalue weighted by Gasteiger charge is 2.19. The van der Waals surface area contributed by atoms with Gasteiger partial charge in [0.25, 0.3) is 0 Å². The summed E-state index contributed by atoms with van der Waals surface area (Å²) >= 11 is 14.8. The number of carbonyl (C=O) groups is 1. The summed E-state index contributed by atoms with van der Waals surface area (Å²) in [6, 6.07) is 13.0. The summed E-state index contributed by atoms with van der Waals surface area (Å²) in [7, 11) is 1.86. The molecule has 7 nitrogen and oxygen atoms in total. The van der Waals surface area contributed by atoms with E-state index in [0.29, 0.717) is 31.9 Å². The zero-order valence-electron chi connectivity index (χ0n) is 18.6. The minimum Gasteiger partial charge on any atom is -0.482 e. The Morgan fingerprint density at radius 3 is 2.79 bits per heavy atom. The number of halogens is 2. The van der Waals surface area contributed by atoms with Gasteiger partial charge in [0, 0.05) is 23.0 Å². The molecule has 0 fully saturated rings. The molecule has 2 heterocycles. The van der Waals surface area contributed by atoms with Crippen LogP contribution in [0.25, 0.3) is 11.3 Å². The lowest BCUT2D eigenvalue weighted by Gasteiger charge is -2.15. The van der Waals surface area contributed by atoms with Crippen molar-refractivity contribution in [3.8, 4) is 17.0 Å². The zero-order valence-corrected chi connectivity index (χ0v) is 21.7. The van der Waals surface area contributed by atoms with E-state index in [-0.39, 0.29) is 17.8 Å². The van der Waals surface area contributed by atoms with Crippen LogP contribution in [0.1, 0.15) is 24.4 Å². The Balaban J connectivity index is 1.34. The third-order valence-electron chi connectivity index (χ3n) is 4.92. The molecule has 4 aromatic rings. The maximum Gasteiger partial charge on any atom is 0.236 e. The number of thioether (sulfide) groups is 1. The van der Waals surface area contributed by atoms with Crippen LogP contribution in [0.5, 0.6) is 5.75 Å². The van der Waals surface area contributed by atoms with Crippen LogP contribution >= 0.6 is 46.3 Å². The SMILES string of the molecule is Cc1ccccc1OC(C)c1nnc(SCC(=O)Nc2nc(-c3ccc(Cl)cc3Cl)cs2)n1C. The Morgan fingerprint density at radius 1 is 1.24 bits per heavy atom. The molecule has 34 heavy (non-hydrogen) atoms. The molecule has 11 heteroatoms. The summed E-state index contributed by atoms with van der Waals surface area (Å²) in [6.07, 6.45) is -0.296. The quantitative estimate of drug-likeness (QED) is 0.263. The van der Waals surface area contributed by atoms with Gasteiger partial charge in [0.2, 0.25) is 5.91 Å². The number of aryl methyl sites for hydroxylation is 1. The Morgan fingerprint density at radius 2 is 2.03 bits per heavy atom. The second-order valence-electron chi connectivity index (χ2n) is 7.42. The van der Waals surface area contributed by atoms with Crippen LogP contribution in [-0.2, 0) is 11.8 Å². The second-order valence-corrected chi connectivity index (χ2v) is 10.1. The minimum atomic E-state index is -0.296. The van der Waals surface area contributed by atoms with Gasteiger partial charge in [0.05, 0.1) is 16.5 Å². The van der Waals surface area contributed by atoms with Gasteiger partial charge in [-0.3, -0.25) is 4.79 Å². The molecule has 2 aromatic carbocycles. The predicted molar refractivity (Wildman–Crippen MR) is 138 cm³/mol. The zero-order chi connectivity index (χ0) is 24.2. The summed E-state index contributed by atoms with van der Waals surface area (Å²) in [6.45, 7) is 3.92. The van der Waals surface area contributed by atoms with Crippen LogP contribution in [0.2, 0.25) is 10.0 Å². The number of thiazole rings is 1. The van der Waals surface area contributed by atoms with Crippen molar-refractivity contribution in [2.45, 2.75) is 25.1 Å². The normalized spacial score (nSPS) is 11.9. The molecular formula is C23H21Cl2N5O2S2. The number of rotatable bonds is 8. The largest absolute Gasteiger partial charge is 0.482 e.